The maximum absolute atomic E-state index is 13.5. The Morgan fingerprint density at radius 1 is 1.15 bits per heavy atom. The van der Waals surface area contributed by atoms with Gasteiger partial charge in [0, 0.05) is 11.1 Å². The smallest absolute Gasteiger partial charge is 0.262 e. The molecule has 2 aromatic carbocycles. The lowest BCUT2D eigenvalue weighted by Gasteiger charge is -2.30. The second-order valence-corrected chi connectivity index (χ2v) is 10.6. The van der Waals surface area contributed by atoms with Gasteiger partial charge in [-0.05, 0) is 54.5 Å². The number of carbonyl (C=O) groups excluding carboxylic acids is 3. The molecule has 5 rings (SSSR count). The van der Waals surface area contributed by atoms with E-state index in [2.05, 4.69) is 10.6 Å². The number of thiophene rings is 1. The summed E-state index contributed by atoms with van der Waals surface area (Å²) in [5.74, 6) is -0.894. The van der Waals surface area contributed by atoms with Crippen molar-refractivity contribution in [3.63, 3.8) is 0 Å². The molecule has 2 heterocycles. The molecule has 0 spiro atoms. The Morgan fingerprint density at radius 2 is 1.97 bits per heavy atom. The summed E-state index contributed by atoms with van der Waals surface area (Å²) in [6.45, 7) is -0.00342. The average molecular weight is 517 g/mol. The fraction of sp³-hybridized carbons (Fsp3) is 0.320. The van der Waals surface area contributed by atoms with Gasteiger partial charge in [-0.25, -0.2) is 0 Å². The Labute approximate surface area is 210 Å². The number of benzene rings is 2. The number of halogens is 2. The predicted octanol–water partition coefficient (Wildman–Crippen LogP) is 4.56. The first-order chi connectivity index (χ1) is 16.4. The fourth-order valence-corrected chi connectivity index (χ4v) is 6.06. The summed E-state index contributed by atoms with van der Waals surface area (Å²) in [6.07, 6.45) is 1.91. The summed E-state index contributed by atoms with van der Waals surface area (Å²) < 4.78 is 6.61. The van der Waals surface area contributed by atoms with Gasteiger partial charge in [0.1, 0.15) is 18.2 Å². The Bertz CT molecular complexity index is 1260. The van der Waals surface area contributed by atoms with E-state index < -0.39 is 17.5 Å². The van der Waals surface area contributed by atoms with Crippen LogP contribution in [-0.2, 0) is 20.7 Å². The molecule has 176 valence electrons. The number of carbonyl (C=O) groups is 3. The first kappa shape index (κ1) is 23.3. The maximum atomic E-state index is 13.5. The second kappa shape index (κ2) is 9.30. The maximum Gasteiger partial charge on any atom is 0.262 e. The van der Waals surface area contributed by atoms with Crippen molar-refractivity contribution in [2.24, 2.45) is 0 Å². The fourth-order valence-electron chi connectivity index (χ4n) is 4.78. The summed E-state index contributed by atoms with van der Waals surface area (Å²) in [7, 11) is 0. The van der Waals surface area contributed by atoms with Gasteiger partial charge in [-0.3, -0.25) is 14.4 Å². The third-order valence-electron chi connectivity index (χ3n) is 6.54. The largest absolute Gasteiger partial charge is 0.367 e. The molecule has 0 radical (unpaired) electrons. The summed E-state index contributed by atoms with van der Waals surface area (Å²) in [5.41, 5.74) is -0.282. The number of amides is 2. The summed E-state index contributed by atoms with van der Waals surface area (Å²) in [6, 6.07) is 13.7. The Morgan fingerprint density at radius 3 is 2.76 bits per heavy atom. The van der Waals surface area contributed by atoms with E-state index in [1.54, 1.807) is 18.2 Å². The zero-order valence-electron chi connectivity index (χ0n) is 18.1. The van der Waals surface area contributed by atoms with Crippen molar-refractivity contribution < 1.29 is 19.1 Å². The normalized spacial score (nSPS) is 22.5. The standard InChI is InChI=1S/C25H22Cl2N2O4S/c26-16-8-7-14(10-17(16)27)11-18(23(31)29-25-9-3-6-22(25)33-13-21(25)30)28-24(32)20-12-15-4-1-2-5-19(15)34-20/h1-2,4-5,7-8,10,12,18,22H,3,6,9,11,13H2,(H,28,32)(H,29,31). The van der Waals surface area contributed by atoms with E-state index in [9.17, 15) is 14.4 Å². The van der Waals surface area contributed by atoms with Crippen molar-refractivity contribution >= 4 is 62.2 Å². The first-order valence-corrected chi connectivity index (χ1v) is 12.6. The van der Waals surface area contributed by atoms with Gasteiger partial charge in [0.15, 0.2) is 5.78 Å². The molecule has 1 aliphatic heterocycles. The number of fused-ring (bicyclic) bond motifs is 2. The molecule has 9 heteroatoms. The van der Waals surface area contributed by atoms with Gasteiger partial charge in [-0.1, -0.05) is 47.5 Å². The van der Waals surface area contributed by atoms with Gasteiger partial charge in [0.05, 0.1) is 21.0 Å². The van der Waals surface area contributed by atoms with E-state index in [0.717, 1.165) is 28.5 Å². The van der Waals surface area contributed by atoms with Gasteiger partial charge in [0.25, 0.3) is 5.91 Å². The minimum atomic E-state index is -1.02. The molecule has 0 bridgehead atoms. The summed E-state index contributed by atoms with van der Waals surface area (Å²) in [5, 5.41) is 7.55. The molecular formula is C25H22Cl2N2O4S. The van der Waals surface area contributed by atoms with Crippen LogP contribution >= 0.6 is 34.5 Å². The minimum Gasteiger partial charge on any atom is -0.367 e. The number of hydrogen-bond acceptors (Lipinski definition) is 5. The van der Waals surface area contributed by atoms with E-state index in [4.69, 9.17) is 27.9 Å². The second-order valence-electron chi connectivity index (χ2n) is 8.70. The van der Waals surface area contributed by atoms with Crippen LogP contribution in [0.15, 0.2) is 48.5 Å². The van der Waals surface area contributed by atoms with Crippen LogP contribution in [0.4, 0.5) is 0 Å². The van der Waals surface area contributed by atoms with Crippen molar-refractivity contribution in [1.82, 2.24) is 10.6 Å². The molecular weight excluding hydrogens is 495 g/mol. The highest BCUT2D eigenvalue weighted by molar-refractivity contribution is 7.20. The van der Waals surface area contributed by atoms with Gasteiger partial charge in [0.2, 0.25) is 5.91 Å². The monoisotopic (exact) mass is 516 g/mol. The number of rotatable bonds is 6. The summed E-state index contributed by atoms with van der Waals surface area (Å²) >= 11 is 13.6. The van der Waals surface area contributed by atoms with Crippen LogP contribution in [-0.4, -0.2) is 41.9 Å². The van der Waals surface area contributed by atoms with E-state index >= 15 is 0 Å². The molecule has 3 atom stereocenters. The third-order valence-corrected chi connectivity index (χ3v) is 8.40. The van der Waals surface area contributed by atoms with E-state index in [1.165, 1.54) is 11.3 Å². The van der Waals surface area contributed by atoms with Crippen LogP contribution < -0.4 is 10.6 Å². The molecule has 1 aliphatic carbocycles. The molecule has 3 unspecified atom stereocenters. The molecule has 2 amide bonds. The molecule has 2 N–H and O–H groups in total. The quantitative estimate of drug-likeness (QED) is 0.503. The topological polar surface area (TPSA) is 84.5 Å². The predicted molar refractivity (Wildman–Crippen MR) is 133 cm³/mol. The molecule has 2 fully saturated rings. The molecule has 1 saturated heterocycles. The molecule has 34 heavy (non-hydrogen) atoms. The molecule has 1 saturated carbocycles. The Hall–Kier alpha value is -2.45. The number of Topliss-reactive ketones (excluding diaryl/α,β-unsaturated/α-hetero) is 1. The van der Waals surface area contributed by atoms with Gasteiger partial charge in [-0.15, -0.1) is 11.3 Å². The molecule has 3 aromatic rings. The van der Waals surface area contributed by atoms with E-state index in [1.807, 2.05) is 30.3 Å². The van der Waals surface area contributed by atoms with E-state index in [-0.39, 0.29) is 30.8 Å². The van der Waals surface area contributed by atoms with Gasteiger partial charge >= 0.3 is 0 Å². The van der Waals surface area contributed by atoms with Crippen LogP contribution in [0.2, 0.25) is 10.0 Å². The van der Waals surface area contributed by atoms with Crippen LogP contribution in [0.5, 0.6) is 0 Å². The molecule has 6 nitrogen and oxygen atoms in total. The highest BCUT2D eigenvalue weighted by Gasteiger charge is 2.55. The SMILES string of the molecule is O=C(NC(Cc1ccc(Cl)c(Cl)c1)C(=O)NC12CCCC1OCC2=O)c1cc2ccccc2s1. The van der Waals surface area contributed by atoms with Crippen molar-refractivity contribution in [2.45, 2.75) is 43.4 Å². The Balaban J connectivity index is 1.41. The number of hydrogen-bond donors (Lipinski definition) is 2. The van der Waals surface area contributed by atoms with Crippen molar-refractivity contribution in [3.8, 4) is 0 Å². The van der Waals surface area contributed by atoms with Crippen molar-refractivity contribution in [3.05, 3.63) is 69.0 Å². The highest BCUT2D eigenvalue weighted by atomic mass is 35.5. The van der Waals surface area contributed by atoms with Crippen LogP contribution in [0.25, 0.3) is 10.1 Å². The summed E-state index contributed by atoms with van der Waals surface area (Å²) in [4.78, 5) is 39.8. The molecule has 2 aliphatic rings. The lowest BCUT2D eigenvalue weighted by atomic mass is 9.91. The third kappa shape index (κ3) is 4.33. The highest BCUT2D eigenvalue weighted by Crippen LogP contribution is 2.38. The van der Waals surface area contributed by atoms with Gasteiger partial charge < -0.3 is 15.4 Å². The number of ether oxygens (including phenoxy) is 1. The van der Waals surface area contributed by atoms with Crippen molar-refractivity contribution in [1.29, 1.82) is 0 Å². The van der Waals surface area contributed by atoms with Crippen LogP contribution in [0.1, 0.15) is 34.5 Å². The first-order valence-electron chi connectivity index (χ1n) is 11.1. The van der Waals surface area contributed by atoms with E-state index in [0.29, 0.717) is 21.3 Å². The number of nitrogens with one attached hydrogen (secondary N) is 2. The Kier molecular flexibility index (Phi) is 6.37. The van der Waals surface area contributed by atoms with Crippen molar-refractivity contribution in [2.75, 3.05) is 6.61 Å². The number of ketones is 1. The van der Waals surface area contributed by atoms with Crippen LogP contribution in [0.3, 0.4) is 0 Å². The zero-order valence-corrected chi connectivity index (χ0v) is 20.4. The lowest BCUT2D eigenvalue weighted by Crippen LogP contribution is -2.60. The van der Waals surface area contributed by atoms with Gasteiger partial charge in [-0.2, -0.15) is 0 Å². The minimum absolute atomic E-state index is 0.00342. The lowest BCUT2D eigenvalue weighted by molar-refractivity contribution is -0.131. The zero-order chi connectivity index (χ0) is 23.9. The van der Waals surface area contributed by atoms with Crippen LogP contribution in [0, 0.1) is 0 Å². The average Bonchev–Trinajstić information content (AvgIpc) is 3.50. The molecule has 1 aromatic heterocycles.